The average Bonchev–Trinajstić information content (AvgIpc) is 2.95. The molecular formula is C20H16BrClN2O3. The number of Topliss-reactive ketones (excluding diaryl/α,β-unsaturated/α-hetero) is 1. The largest absolute Gasteiger partial charge is 0.454 e. The van der Waals surface area contributed by atoms with Crippen LogP contribution in [-0.2, 0) is 4.74 Å². The molecule has 2 aromatic heterocycles. The average molecular weight is 448 g/mol. The molecule has 0 fully saturated rings. The van der Waals surface area contributed by atoms with E-state index in [0.29, 0.717) is 5.56 Å². The number of nitrogens with zero attached hydrogens (tertiary/aromatic N) is 2. The molecule has 0 atom stereocenters. The van der Waals surface area contributed by atoms with Crippen molar-refractivity contribution in [1.29, 1.82) is 0 Å². The summed E-state index contributed by atoms with van der Waals surface area (Å²) in [5.74, 6) is -0.956. The molecule has 27 heavy (non-hydrogen) atoms. The maximum atomic E-state index is 12.6. The summed E-state index contributed by atoms with van der Waals surface area (Å²) in [6, 6.07) is 12.7. The highest BCUT2D eigenvalue weighted by Gasteiger charge is 2.19. The summed E-state index contributed by atoms with van der Waals surface area (Å²) in [5.41, 5.74) is 3.30. The Morgan fingerprint density at radius 2 is 1.85 bits per heavy atom. The van der Waals surface area contributed by atoms with E-state index in [-0.39, 0.29) is 23.1 Å². The van der Waals surface area contributed by atoms with Gasteiger partial charge in [-0.05, 0) is 56.3 Å². The van der Waals surface area contributed by atoms with Crippen LogP contribution in [0.2, 0.25) is 5.15 Å². The Balaban J connectivity index is 1.78. The number of esters is 1. The summed E-state index contributed by atoms with van der Waals surface area (Å²) in [4.78, 5) is 28.5. The van der Waals surface area contributed by atoms with Gasteiger partial charge in [-0.2, -0.15) is 0 Å². The van der Waals surface area contributed by atoms with Crippen molar-refractivity contribution < 1.29 is 14.3 Å². The van der Waals surface area contributed by atoms with E-state index in [9.17, 15) is 9.59 Å². The predicted octanol–water partition coefficient (Wildman–Crippen LogP) is 4.94. The Bertz CT molecular complexity index is 1010. The molecule has 0 spiro atoms. The molecule has 0 saturated carbocycles. The van der Waals surface area contributed by atoms with Gasteiger partial charge in [0.15, 0.2) is 6.61 Å². The number of hydrogen-bond donors (Lipinski definition) is 0. The van der Waals surface area contributed by atoms with Gasteiger partial charge in [-0.3, -0.25) is 4.79 Å². The van der Waals surface area contributed by atoms with Crippen LogP contribution in [0.5, 0.6) is 0 Å². The number of rotatable bonds is 5. The van der Waals surface area contributed by atoms with Crippen LogP contribution in [0.1, 0.15) is 32.1 Å². The molecule has 3 rings (SSSR count). The second-order valence-corrected chi connectivity index (χ2v) is 7.21. The summed E-state index contributed by atoms with van der Waals surface area (Å²) in [7, 11) is 0. The minimum atomic E-state index is -0.678. The maximum Gasteiger partial charge on any atom is 0.341 e. The Hall–Kier alpha value is -2.44. The second kappa shape index (κ2) is 8.06. The number of hydrogen-bond acceptors (Lipinski definition) is 4. The summed E-state index contributed by atoms with van der Waals surface area (Å²) in [5, 5.41) is 0.0448. The smallest absolute Gasteiger partial charge is 0.341 e. The van der Waals surface area contributed by atoms with E-state index >= 15 is 0 Å². The molecule has 5 nitrogen and oxygen atoms in total. The minimum Gasteiger partial charge on any atom is -0.454 e. The van der Waals surface area contributed by atoms with Crippen molar-refractivity contribution >= 4 is 39.3 Å². The molecule has 0 aliphatic rings. The monoisotopic (exact) mass is 446 g/mol. The van der Waals surface area contributed by atoms with Crippen molar-refractivity contribution in [3.05, 3.63) is 80.8 Å². The van der Waals surface area contributed by atoms with Gasteiger partial charge in [-0.15, -0.1) is 0 Å². The third-order valence-corrected chi connectivity index (χ3v) is 4.96. The molecule has 0 unspecified atom stereocenters. The van der Waals surface area contributed by atoms with Crippen LogP contribution in [0, 0.1) is 13.8 Å². The third-order valence-electron chi connectivity index (χ3n) is 4.13. The Morgan fingerprint density at radius 1 is 1.15 bits per heavy atom. The van der Waals surface area contributed by atoms with Crippen LogP contribution in [0.15, 0.2) is 53.1 Å². The number of halogens is 2. The third kappa shape index (κ3) is 4.12. The highest BCUT2D eigenvalue weighted by molar-refractivity contribution is 9.10. The molecule has 0 bridgehead atoms. The minimum absolute atomic E-state index is 0.0448. The van der Waals surface area contributed by atoms with Gasteiger partial charge in [0.05, 0.1) is 5.56 Å². The highest BCUT2D eigenvalue weighted by atomic mass is 79.9. The van der Waals surface area contributed by atoms with Crippen LogP contribution in [0.4, 0.5) is 0 Å². The molecule has 7 heteroatoms. The Labute approximate surface area is 170 Å². The number of pyridine rings is 1. The highest BCUT2D eigenvalue weighted by Crippen LogP contribution is 2.23. The van der Waals surface area contributed by atoms with Crippen LogP contribution in [0.25, 0.3) is 5.69 Å². The van der Waals surface area contributed by atoms with Gasteiger partial charge in [0, 0.05) is 33.3 Å². The van der Waals surface area contributed by atoms with Crippen molar-refractivity contribution in [2.75, 3.05) is 6.61 Å². The topological polar surface area (TPSA) is 61.2 Å². The van der Waals surface area contributed by atoms with Crippen molar-refractivity contribution in [3.8, 4) is 5.69 Å². The van der Waals surface area contributed by atoms with Crippen LogP contribution < -0.4 is 0 Å². The molecular weight excluding hydrogens is 432 g/mol. The van der Waals surface area contributed by atoms with E-state index in [0.717, 1.165) is 21.5 Å². The molecule has 2 heterocycles. The van der Waals surface area contributed by atoms with Crippen LogP contribution in [0.3, 0.4) is 0 Å². The van der Waals surface area contributed by atoms with E-state index < -0.39 is 5.97 Å². The zero-order chi connectivity index (χ0) is 19.6. The number of benzene rings is 1. The molecule has 138 valence electrons. The lowest BCUT2D eigenvalue weighted by Crippen LogP contribution is -2.15. The van der Waals surface area contributed by atoms with Crippen LogP contribution >= 0.6 is 27.5 Å². The fourth-order valence-corrected chi connectivity index (χ4v) is 3.32. The zero-order valence-corrected chi connectivity index (χ0v) is 17.0. The normalized spacial score (nSPS) is 10.7. The predicted molar refractivity (Wildman–Crippen MR) is 107 cm³/mol. The molecule has 3 aromatic rings. The van der Waals surface area contributed by atoms with E-state index in [2.05, 4.69) is 20.9 Å². The lowest BCUT2D eigenvalue weighted by atomic mass is 10.1. The first-order valence-electron chi connectivity index (χ1n) is 8.14. The first kappa shape index (κ1) is 19.3. The van der Waals surface area contributed by atoms with Crippen molar-refractivity contribution in [2.45, 2.75) is 13.8 Å². The summed E-state index contributed by atoms with van der Waals surface area (Å²) < 4.78 is 8.09. The van der Waals surface area contributed by atoms with E-state index in [1.54, 1.807) is 12.1 Å². The van der Waals surface area contributed by atoms with Gasteiger partial charge in [0.1, 0.15) is 5.15 Å². The second-order valence-electron chi connectivity index (χ2n) is 5.94. The molecule has 0 aliphatic carbocycles. The van der Waals surface area contributed by atoms with E-state index in [4.69, 9.17) is 16.3 Å². The Morgan fingerprint density at radius 3 is 2.52 bits per heavy atom. The molecule has 0 saturated heterocycles. The van der Waals surface area contributed by atoms with E-state index in [1.165, 1.54) is 12.3 Å². The van der Waals surface area contributed by atoms with Gasteiger partial charge in [0.2, 0.25) is 5.78 Å². The molecule has 1 aromatic carbocycles. The molecule has 0 N–H and O–H groups in total. The number of aryl methyl sites for hydroxylation is 1. The summed E-state index contributed by atoms with van der Waals surface area (Å²) in [6.45, 7) is 3.42. The number of ether oxygens (including phenoxy) is 1. The molecule has 0 radical (unpaired) electrons. The Kier molecular flexibility index (Phi) is 5.77. The maximum absolute atomic E-state index is 12.6. The molecule has 0 amide bonds. The number of carbonyl (C=O) groups is 2. The summed E-state index contributed by atoms with van der Waals surface area (Å²) >= 11 is 9.29. The number of aromatic nitrogens is 2. The fourth-order valence-electron chi connectivity index (χ4n) is 2.86. The first-order chi connectivity index (χ1) is 12.9. The lowest BCUT2D eigenvalue weighted by Gasteiger charge is -2.10. The van der Waals surface area contributed by atoms with Gasteiger partial charge in [0.25, 0.3) is 0 Å². The quantitative estimate of drug-likeness (QED) is 0.316. The SMILES string of the molecule is Cc1cc(C(=O)COC(=O)c2cccnc2Cl)c(C)n1-c1ccc(Br)cc1. The molecule has 0 aliphatic heterocycles. The van der Waals surface area contributed by atoms with Gasteiger partial charge < -0.3 is 9.30 Å². The fraction of sp³-hybridized carbons (Fsp3) is 0.150. The van der Waals surface area contributed by atoms with Crippen LogP contribution in [-0.4, -0.2) is 27.9 Å². The van der Waals surface area contributed by atoms with Crippen molar-refractivity contribution in [3.63, 3.8) is 0 Å². The first-order valence-corrected chi connectivity index (χ1v) is 9.31. The van der Waals surface area contributed by atoms with Gasteiger partial charge in [-0.1, -0.05) is 27.5 Å². The van der Waals surface area contributed by atoms with Gasteiger partial charge >= 0.3 is 5.97 Å². The zero-order valence-electron chi connectivity index (χ0n) is 14.7. The van der Waals surface area contributed by atoms with Crippen molar-refractivity contribution in [1.82, 2.24) is 9.55 Å². The number of carbonyl (C=O) groups excluding carboxylic acids is 2. The van der Waals surface area contributed by atoms with E-state index in [1.807, 2.05) is 42.7 Å². The standard InChI is InChI=1S/C20H16BrClN2O3/c1-12-10-17(13(2)24(12)15-7-5-14(21)6-8-15)18(25)11-27-20(26)16-4-3-9-23-19(16)22/h3-10H,11H2,1-2H3. The van der Waals surface area contributed by atoms with Gasteiger partial charge in [-0.25, -0.2) is 9.78 Å². The van der Waals surface area contributed by atoms with Crippen molar-refractivity contribution in [2.24, 2.45) is 0 Å². The summed E-state index contributed by atoms with van der Waals surface area (Å²) in [6.07, 6.45) is 1.47. The number of ketones is 1. The lowest BCUT2D eigenvalue weighted by molar-refractivity contribution is 0.0474.